The van der Waals surface area contributed by atoms with Crippen LogP contribution in [0.2, 0.25) is 0 Å². The summed E-state index contributed by atoms with van der Waals surface area (Å²) in [5, 5.41) is 29.2. The molecule has 2 aromatic carbocycles. The molecule has 28 heavy (non-hydrogen) atoms. The number of benzene rings is 2. The van der Waals surface area contributed by atoms with Crippen LogP contribution in [-0.4, -0.2) is 58.3 Å². The minimum Gasteiger partial charge on any atom is -0.508 e. The molecule has 0 radical (unpaired) electrons. The smallest absolute Gasteiger partial charge is 0.295 e. The van der Waals surface area contributed by atoms with Crippen LogP contribution in [-0.2, 0) is 14.3 Å². The first kappa shape index (κ1) is 19.6. The van der Waals surface area contributed by atoms with Gasteiger partial charge >= 0.3 is 0 Å². The zero-order chi connectivity index (χ0) is 20.1. The van der Waals surface area contributed by atoms with Gasteiger partial charge in [0.1, 0.15) is 11.5 Å². The van der Waals surface area contributed by atoms with Crippen LogP contribution >= 0.6 is 0 Å². The number of likely N-dealkylation sites (tertiary alicyclic amines) is 1. The monoisotopic (exact) mass is 383 g/mol. The van der Waals surface area contributed by atoms with Crippen LogP contribution in [0.5, 0.6) is 5.75 Å². The molecule has 1 saturated heterocycles. The van der Waals surface area contributed by atoms with E-state index in [1.807, 2.05) is 0 Å². The standard InChI is InChI=1S/C21H21NO6/c23-11-13-28-12-10-22-18(14-6-8-16(24)9-7-14)17(20(26)21(22)27)19(25)15-4-2-1-3-5-15/h1-9,18,23-25H,10-13H2/b19-17+. The van der Waals surface area contributed by atoms with Gasteiger partial charge in [0, 0.05) is 12.1 Å². The number of aromatic hydroxyl groups is 1. The minimum absolute atomic E-state index is 0.0101. The normalized spacial score (nSPS) is 18.6. The Morgan fingerprint density at radius 3 is 2.32 bits per heavy atom. The summed E-state index contributed by atoms with van der Waals surface area (Å²) in [6.45, 7) is 0.223. The summed E-state index contributed by atoms with van der Waals surface area (Å²) in [4.78, 5) is 26.7. The van der Waals surface area contributed by atoms with E-state index in [-0.39, 0.29) is 43.4 Å². The van der Waals surface area contributed by atoms with Gasteiger partial charge in [0.25, 0.3) is 11.7 Å². The highest BCUT2D eigenvalue weighted by atomic mass is 16.5. The number of hydrogen-bond acceptors (Lipinski definition) is 6. The molecule has 1 unspecified atom stereocenters. The average Bonchev–Trinajstić information content (AvgIpc) is 2.97. The van der Waals surface area contributed by atoms with Gasteiger partial charge in [-0.05, 0) is 17.7 Å². The van der Waals surface area contributed by atoms with Gasteiger partial charge in [-0.2, -0.15) is 0 Å². The van der Waals surface area contributed by atoms with Gasteiger partial charge in [-0.25, -0.2) is 0 Å². The maximum Gasteiger partial charge on any atom is 0.295 e. The lowest BCUT2D eigenvalue weighted by Gasteiger charge is -2.25. The molecule has 1 fully saturated rings. The summed E-state index contributed by atoms with van der Waals surface area (Å²) in [7, 11) is 0. The number of ether oxygens (including phenoxy) is 1. The summed E-state index contributed by atoms with van der Waals surface area (Å²) in [6, 6.07) is 13.9. The molecular weight excluding hydrogens is 362 g/mol. The molecule has 0 bridgehead atoms. The van der Waals surface area contributed by atoms with E-state index in [1.165, 1.54) is 17.0 Å². The molecule has 1 aliphatic heterocycles. The van der Waals surface area contributed by atoms with Gasteiger partial charge < -0.3 is 25.0 Å². The molecule has 7 nitrogen and oxygen atoms in total. The maximum atomic E-state index is 12.7. The fraction of sp³-hybridized carbons (Fsp3) is 0.238. The predicted octanol–water partition coefficient (Wildman–Crippen LogP) is 1.82. The van der Waals surface area contributed by atoms with Gasteiger partial charge in [-0.15, -0.1) is 0 Å². The van der Waals surface area contributed by atoms with Crippen LogP contribution < -0.4 is 0 Å². The van der Waals surface area contributed by atoms with Crippen molar-refractivity contribution in [3.05, 3.63) is 71.3 Å². The number of amides is 1. The Balaban J connectivity index is 2.04. The lowest BCUT2D eigenvalue weighted by molar-refractivity contribution is -0.140. The third-order valence-electron chi connectivity index (χ3n) is 4.51. The Morgan fingerprint density at radius 1 is 1.00 bits per heavy atom. The quantitative estimate of drug-likeness (QED) is 0.291. The van der Waals surface area contributed by atoms with Crippen molar-refractivity contribution in [1.82, 2.24) is 4.90 Å². The number of aliphatic hydroxyl groups is 2. The van der Waals surface area contributed by atoms with Gasteiger partial charge in [0.2, 0.25) is 0 Å². The van der Waals surface area contributed by atoms with Crippen molar-refractivity contribution in [2.75, 3.05) is 26.4 Å². The largest absolute Gasteiger partial charge is 0.508 e. The molecule has 0 aromatic heterocycles. The second kappa shape index (κ2) is 8.69. The first-order valence-corrected chi connectivity index (χ1v) is 8.86. The fourth-order valence-electron chi connectivity index (χ4n) is 3.19. The summed E-state index contributed by atoms with van der Waals surface area (Å²) >= 11 is 0. The number of aliphatic hydroxyl groups excluding tert-OH is 2. The number of carbonyl (C=O) groups excluding carboxylic acids is 2. The maximum absolute atomic E-state index is 12.7. The first-order chi connectivity index (χ1) is 13.5. The highest BCUT2D eigenvalue weighted by Crippen LogP contribution is 2.39. The van der Waals surface area contributed by atoms with Crippen LogP contribution in [0.25, 0.3) is 5.76 Å². The number of Topliss-reactive ketones (excluding diaryl/α,β-unsaturated/α-hetero) is 1. The van der Waals surface area contributed by atoms with E-state index in [2.05, 4.69) is 0 Å². The molecule has 7 heteroatoms. The molecule has 1 heterocycles. The van der Waals surface area contributed by atoms with Crippen molar-refractivity contribution in [1.29, 1.82) is 0 Å². The molecule has 3 rings (SSSR count). The Kier molecular flexibility index (Phi) is 6.08. The summed E-state index contributed by atoms with van der Waals surface area (Å²) in [6.07, 6.45) is 0. The molecule has 2 aromatic rings. The number of rotatable bonds is 7. The number of hydrogen-bond donors (Lipinski definition) is 3. The van der Waals surface area contributed by atoms with Crippen molar-refractivity contribution in [3.63, 3.8) is 0 Å². The van der Waals surface area contributed by atoms with Crippen LogP contribution in [0.1, 0.15) is 17.2 Å². The third-order valence-corrected chi connectivity index (χ3v) is 4.51. The molecule has 0 saturated carbocycles. The minimum atomic E-state index is -0.807. The van der Waals surface area contributed by atoms with Crippen molar-refractivity contribution in [2.45, 2.75) is 6.04 Å². The number of phenolic OH excluding ortho intramolecular Hbond substituents is 1. The van der Waals surface area contributed by atoms with Crippen LogP contribution in [0.3, 0.4) is 0 Å². The van der Waals surface area contributed by atoms with Gasteiger partial charge in [0.05, 0.1) is 31.4 Å². The lowest BCUT2D eigenvalue weighted by atomic mass is 9.95. The van der Waals surface area contributed by atoms with Crippen molar-refractivity contribution < 1.29 is 29.6 Å². The molecule has 3 N–H and O–H groups in total. The van der Waals surface area contributed by atoms with Crippen molar-refractivity contribution in [3.8, 4) is 5.75 Å². The number of phenols is 1. The van der Waals surface area contributed by atoms with Crippen LogP contribution in [0.4, 0.5) is 0 Å². The van der Waals surface area contributed by atoms with Gasteiger partial charge in [-0.3, -0.25) is 9.59 Å². The Bertz CT molecular complexity index is 876. The Hall–Kier alpha value is -3.16. The molecule has 1 amide bonds. The highest BCUT2D eigenvalue weighted by molar-refractivity contribution is 6.46. The predicted molar refractivity (Wildman–Crippen MR) is 101 cm³/mol. The van der Waals surface area contributed by atoms with E-state index in [0.717, 1.165) is 0 Å². The van der Waals surface area contributed by atoms with Gasteiger partial charge in [-0.1, -0.05) is 42.5 Å². The zero-order valence-electron chi connectivity index (χ0n) is 15.1. The van der Waals surface area contributed by atoms with Crippen LogP contribution in [0, 0.1) is 0 Å². The number of ketones is 1. The van der Waals surface area contributed by atoms with Crippen molar-refractivity contribution >= 4 is 17.4 Å². The molecule has 0 aliphatic carbocycles. The first-order valence-electron chi connectivity index (χ1n) is 8.86. The van der Waals surface area contributed by atoms with E-state index in [1.54, 1.807) is 42.5 Å². The highest BCUT2D eigenvalue weighted by Gasteiger charge is 2.45. The van der Waals surface area contributed by atoms with E-state index in [0.29, 0.717) is 11.1 Å². The van der Waals surface area contributed by atoms with E-state index in [4.69, 9.17) is 9.84 Å². The molecular formula is C21H21NO6. The van der Waals surface area contributed by atoms with Gasteiger partial charge in [0.15, 0.2) is 0 Å². The second-order valence-electron chi connectivity index (χ2n) is 6.29. The van der Waals surface area contributed by atoms with E-state index < -0.39 is 17.7 Å². The topological polar surface area (TPSA) is 107 Å². The Morgan fingerprint density at radius 2 is 1.68 bits per heavy atom. The molecule has 146 valence electrons. The summed E-state index contributed by atoms with van der Waals surface area (Å²) < 4.78 is 5.24. The zero-order valence-corrected chi connectivity index (χ0v) is 15.1. The molecule has 1 atom stereocenters. The lowest BCUT2D eigenvalue weighted by Crippen LogP contribution is -2.33. The SMILES string of the molecule is O=C1C(=O)N(CCOCCO)C(c2ccc(O)cc2)/C1=C(\O)c1ccccc1. The van der Waals surface area contributed by atoms with E-state index >= 15 is 0 Å². The number of carbonyl (C=O) groups is 2. The molecule has 0 spiro atoms. The average molecular weight is 383 g/mol. The summed E-state index contributed by atoms with van der Waals surface area (Å²) in [5.41, 5.74) is 1.00. The fourth-order valence-corrected chi connectivity index (χ4v) is 3.19. The second-order valence-corrected chi connectivity index (χ2v) is 6.29. The third kappa shape index (κ3) is 3.90. The number of nitrogens with zero attached hydrogens (tertiary/aromatic N) is 1. The van der Waals surface area contributed by atoms with Crippen LogP contribution in [0.15, 0.2) is 60.2 Å². The van der Waals surface area contributed by atoms with Crippen molar-refractivity contribution in [2.24, 2.45) is 0 Å². The summed E-state index contributed by atoms with van der Waals surface area (Å²) in [5.74, 6) is -1.71. The molecule has 1 aliphatic rings. The van der Waals surface area contributed by atoms with E-state index in [9.17, 15) is 19.8 Å². The Labute approximate surface area is 162 Å².